The second kappa shape index (κ2) is 8.69. The van der Waals surface area contributed by atoms with Crippen LogP contribution in [0.15, 0.2) is 136 Å². The molecular weight excluding hydrogens is 516 g/mol. The van der Waals surface area contributed by atoms with Crippen LogP contribution in [0.4, 0.5) is 0 Å². The van der Waals surface area contributed by atoms with Crippen molar-refractivity contribution < 1.29 is 12.9 Å². The highest BCUT2D eigenvalue weighted by molar-refractivity contribution is 6.16. The predicted octanol–water partition coefficient (Wildman–Crippen LogP) is 10.5. The smallest absolute Gasteiger partial charge is 0.159 e. The molecule has 4 heteroatoms. The maximum atomic E-state index is 7.81. The summed E-state index contributed by atoms with van der Waals surface area (Å²) < 4.78 is 38.7. The van der Waals surface area contributed by atoms with Crippen molar-refractivity contribution in [2.45, 2.75) is 6.85 Å². The molecule has 3 aromatic heterocycles. The van der Waals surface area contributed by atoms with E-state index in [0.717, 1.165) is 77.5 Å². The summed E-state index contributed by atoms with van der Waals surface area (Å²) in [4.78, 5) is 5.18. The molecule has 9 aromatic rings. The number of aryl methyl sites for hydroxylation is 1. The Morgan fingerprint density at radius 3 is 2.14 bits per heavy atom. The zero-order valence-electron chi connectivity index (χ0n) is 25.3. The fourth-order valence-corrected chi connectivity index (χ4v) is 6.25. The lowest BCUT2D eigenvalue weighted by Crippen LogP contribution is -1.98. The zero-order chi connectivity index (χ0) is 30.3. The number of rotatable bonds is 3. The Morgan fingerprint density at radius 1 is 0.595 bits per heavy atom. The van der Waals surface area contributed by atoms with E-state index in [1.807, 2.05) is 72.8 Å². The van der Waals surface area contributed by atoms with Crippen molar-refractivity contribution in [3.05, 3.63) is 133 Å². The van der Waals surface area contributed by atoms with Crippen molar-refractivity contribution in [1.29, 1.82) is 0 Å². The van der Waals surface area contributed by atoms with Crippen LogP contribution in [-0.4, -0.2) is 9.55 Å². The number of nitrogens with zero attached hydrogens (tertiary/aromatic N) is 2. The molecule has 9 rings (SSSR count). The average molecular weight is 544 g/mol. The molecule has 4 nitrogen and oxygen atoms in total. The van der Waals surface area contributed by atoms with E-state index >= 15 is 0 Å². The van der Waals surface area contributed by atoms with Gasteiger partial charge in [-0.05, 0) is 54.4 Å². The molecule has 0 amide bonds. The number of para-hydroxylation sites is 5. The molecule has 0 N–H and O–H groups in total. The third-order valence-corrected chi connectivity index (χ3v) is 8.15. The Kier molecular flexibility index (Phi) is 4.20. The maximum Gasteiger partial charge on any atom is 0.159 e. The summed E-state index contributed by atoms with van der Waals surface area (Å²) in [7, 11) is 0. The minimum absolute atomic E-state index is 0.310. The predicted molar refractivity (Wildman–Crippen MR) is 171 cm³/mol. The lowest BCUT2D eigenvalue weighted by Gasteiger charge is -2.12. The van der Waals surface area contributed by atoms with Gasteiger partial charge in [-0.25, -0.2) is 4.98 Å². The first-order valence-corrected chi connectivity index (χ1v) is 13.9. The van der Waals surface area contributed by atoms with Crippen LogP contribution in [0.2, 0.25) is 0 Å². The molecule has 0 saturated heterocycles. The molecule has 0 unspecified atom stereocenters. The summed E-state index contributed by atoms with van der Waals surface area (Å²) in [5.41, 5.74) is 8.81. The van der Waals surface area contributed by atoms with Gasteiger partial charge in [-0.15, -0.1) is 0 Å². The van der Waals surface area contributed by atoms with Crippen LogP contribution >= 0.6 is 0 Å². The number of hydrogen-bond acceptors (Lipinski definition) is 3. The molecule has 0 spiro atoms. The molecule has 0 bridgehead atoms. The van der Waals surface area contributed by atoms with E-state index in [4.69, 9.17) is 17.9 Å². The molecular formula is C38H24N2O2. The monoisotopic (exact) mass is 543 g/mol. The van der Waals surface area contributed by atoms with Gasteiger partial charge in [-0.1, -0.05) is 96.6 Å². The van der Waals surface area contributed by atoms with Gasteiger partial charge in [0.1, 0.15) is 22.6 Å². The van der Waals surface area contributed by atoms with Gasteiger partial charge in [-0.3, -0.25) is 4.57 Å². The fraction of sp³-hybridized carbons (Fsp3) is 0.0263. The minimum atomic E-state index is -2.16. The molecule has 0 aliphatic heterocycles. The molecule has 6 aromatic carbocycles. The normalized spacial score (nSPS) is 13.3. The van der Waals surface area contributed by atoms with E-state index in [1.165, 1.54) is 0 Å². The molecule has 0 aliphatic rings. The second-order valence-electron chi connectivity index (χ2n) is 10.6. The van der Waals surface area contributed by atoms with Crippen LogP contribution in [0.25, 0.3) is 83.1 Å². The number of imidazole rings is 1. The number of hydrogen-bond donors (Lipinski definition) is 0. The van der Waals surface area contributed by atoms with Crippen LogP contribution in [0.3, 0.4) is 0 Å². The van der Waals surface area contributed by atoms with Crippen molar-refractivity contribution >= 4 is 54.9 Å². The Hall–Kier alpha value is -5.61. The third-order valence-electron chi connectivity index (χ3n) is 8.15. The fourth-order valence-electron chi connectivity index (χ4n) is 6.25. The van der Waals surface area contributed by atoms with E-state index in [2.05, 4.69) is 47.0 Å². The third kappa shape index (κ3) is 3.26. The summed E-state index contributed by atoms with van der Waals surface area (Å²) in [6, 6.07) is 41.6. The molecule has 198 valence electrons. The Labute approximate surface area is 245 Å². The van der Waals surface area contributed by atoms with Crippen LogP contribution in [0.1, 0.15) is 9.68 Å². The van der Waals surface area contributed by atoms with Gasteiger partial charge in [-0.2, -0.15) is 0 Å². The Bertz CT molecular complexity index is 2590. The number of fused-ring (bicyclic) bond motifs is 7. The first-order valence-electron chi connectivity index (χ1n) is 15.4. The molecule has 42 heavy (non-hydrogen) atoms. The summed E-state index contributed by atoms with van der Waals surface area (Å²) in [5.74, 6) is 0.734. The summed E-state index contributed by atoms with van der Waals surface area (Å²) >= 11 is 0. The highest BCUT2D eigenvalue weighted by Gasteiger charge is 2.23. The minimum Gasteiger partial charge on any atom is -0.455 e. The molecule has 3 heterocycles. The van der Waals surface area contributed by atoms with Crippen molar-refractivity contribution in [2.24, 2.45) is 0 Å². The van der Waals surface area contributed by atoms with E-state index in [9.17, 15) is 0 Å². The number of aromatic nitrogens is 2. The van der Waals surface area contributed by atoms with Gasteiger partial charge < -0.3 is 8.83 Å². The molecule has 0 aliphatic carbocycles. The molecule has 0 atom stereocenters. The van der Waals surface area contributed by atoms with E-state index < -0.39 is 6.85 Å². The summed E-state index contributed by atoms with van der Waals surface area (Å²) in [5, 5.41) is 4.03. The first-order chi connectivity index (χ1) is 22.0. The SMILES string of the molecule is [2H]C([2H])([2H])c1ccc(-c2ccc(-c3nc4ccccc4n3-c3cccc4c3oc3ccccc34)c3oc4ccccc4c23)cc1. The quantitative estimate of drug-likeness (QED) is 0.223. The second-order valence-corrected chi connectivity index (χ2v) is 10.6. The van der Waals surface area contributed by atoms with Gasteiger partial charge >= 0.3 is 0 Å². The van der Waals surface area contributed by atoms with Crippen LogP contribution in [0.5, 0.6) is 0 Å². The van der Waals surface area contributed by atoms with Crippen molar-refractivity contribution in [3.63, 3.8) is 0 Å². The van der Waals surface area contributed by atoms with Gasteiger partial charge in [0.05, 0.1) is 22.3 Å². The van der Waals surface area contributed by atoms with Crippen LogP contribution < -0.4 is 0 Å². The standard InChI is InChI=1S/C38H24N2O2/c1-23-17-19-24(20-18-23)25-21-22-29(37-35(25)28-10-3-7-16-34(28)42-37)38-39-30-12-4-5-13-31(30)40(38)32-14-8-11-27-26-9-2-6-15-33(26)41-36(27)32/h2-22H,1H3/i1D3. The lowest BCUT2D eigenvalue weighted by atomic mass is 9.96. The number of furan rings is 2. The molecule has 0 fully saturated rings. The van der Waals surface area contributed by atoms with Crippen LogP contribution in [-0.2, 0) is 0 Å². The van der Waals surface area contributed by atoms with Gasteiger partial charge in [0.2, 0.25) is 0 Å². The highest BCUT2D eigenvalue weighted by atomic mass is 16.3. The Balaban J connectivity index is 1.35. The van der Waals surface area contributed by atoms with Crippen molar-refractivity contribution in [3.8, 4) is 28.2 Å². The van der Waals surface area contributed by atoms with Gasteiger partial charge in [0.25, 0.3) is 0 Å². The van der Waals surface area contributed by atoms with Crippen LogP contribution in [0, 0.1) is 6.85 Å². The Morgan fingerprint density at radius 2 is 1.29 bits per heavy atom. The van der Waals surface area contributed by atoms with Crippen molar-refractivity contribution in [1.82, 2.24) is 9.55 Å². The molecule has 0 saturated carbocycles. The lowest BCUT2D eigenvalue weighted by molar-refractivity contribution is 0.665. The van der Waals surface area contributed by atoms with Gasteiger partial charge in [0, 0.05) is 25.7 Å². The largest absolute Gasteiger partial charge is 0.455 e. The zero-order valence-corrected chi connectivity index (χ0v) is 22.3. The van der Waals surface area contributed by atoms with Gasteiger partial charge in [0.15, 0.2) is 5.58 Å². The maximum absolute atomic E-state index is 7.81. The highest BCUT2D eigenvalue weighted by Crippen LogP contribution is 2.43. The van der Waals surface area contributed by atoms with Crippen molar-refractivity contribution in [2.75, 3.05) is 0 Å². The van der Waals surface area contributed by atoms with E-state index in [0.29, 0.717) is 11.1 Å². The van der Waals surface area contributed by atoms with E-state index in [-0.39, 0.29) is 0 Å². The van der Waals surface area contributed by atoms with E-state index in [1.54, 1.807) is 12.1 Å². The summed E-state index contributed by atoms with van der Waals surface area (Å²) in [6.45, 7) is -2.16. The summed E-state index contributed by atoms with van der Waals surface area (Å²) in [6.07, 6.45) is 0. The molecule has 0 radical (unpaired) electrons. The average Bonchev–Trinajstić information content (AvgIpc) is 3.76. The topological polar surface area (TPSA) is 44.1 Å². The number of benzene rings is 6. The first kappa shape index (κ1) is 20.3.